The van der Waals surface area contributed by atoms with E-state index in [4.69, 9.17) is 4.74 Å². The predicted octanol–water partition coefficient (Wildman–Crippen LogP) is 5.43. The maximum Gasteiger partial charge on any atom is 0.407 e. The van der Waals surface area contributed by atoms with Gasteiger partial charge in [-0.3, -0.25) is 0 Å². The van der Waals surface area contributed by atoms with Gasteiger partial charge in [0.2, 0.25) is 0 Å². The number of amides is 1. The summed E-state index contributed by atoms with van der Waals surface area (Å²) in [5.41, 5.74) is 0. The van der Waals surface area contributed by atoms with E-state index in [1.165, 1.54) is 57.8 Å². The van der Waals surface area contributed by atoms with Crippen LogP contribution in [0.2, 0.25) is 0 Å². The summed E-state index contributed by atoms with van der Waals surface area (Å²) in [6.45, 7) is 5.66. The van der Waals surface area contributed by atoms with Gasteiger partial charge in [-0.25, -0.2) is 4.79 Å². The molecular formula is C17H35NO2. The van der Waals surface area contributed by atoms with Gasteiger partial charge in [-0.2, -0.15) is 0 Å². The Morgan fingerprint density at radius 3 is 1.80 bits per heavy atom. The van der Waals surface area contributed by atoms with Crippen LogP contribution in [0.5, 0.6) is 0 Å². The molecule has 1 N–H and O–H groups in total. The molecule has 3 nitrogen and oxygen atoms in total. The molecule has 0 fully saturated rings. The Kier molecular flexibility index (Phi) is 15.7. The maximum absolute atomic E-state index is 11.2. The van der Waals surface area contributed by atoms with E-state index in [-0.39, 0.29) is 6.09 Å². The molecule has 0 aromatic carbocycles. The number of carbonyl (C=O) groups is 1. The molecule has 3 heteroatoms. The third kappa shape index (κ3) is 15.3. The summed E-state index contributed by atoms with van der Waals surface area (Å²) < 4.78 is 5.11. The molecule has 0 aromatic heterocycles. The molecule has 20 heavy (non-hydrogen) atoms. The van der Waals surface area contributed by atoms with Crippen LogP contribution in [-0.4, -0.2) is 19.2 Å². The minimum atomic E-state index is -0.255. The number of hydrogen-bond donors (Lipinski definition) is 1. The molecule has 0 aliphatic heterocycles. The molecule has 0 saturated heterocycles. The molecule has 0 radical (unpaired) electrons. The molecule has 0 bridgehead atoms. The zero-order valence-electron chi connectivity index (χ0n) is 13.7. The van der Waals surface area contributed by atoms with Crippen molar-refractivity contribution in [1.29, 1.82) is 0 Å². The molecule has 0 saturated carbocycles. The summed E-state index contributed by atoms with van der Waals surface area (Å²) in [6.07, 6.45) is 14.9. The van der Waals surface area contributed by atoms with Crippen molar-refractivity contribution in [2.24, 2.45) is 0 Å². The summed E-state index contributed by atoms with van der Waals surface area (Å²) >= 11 is 0. The van der Waals surface area contributed by atoms with E-state index >= 15 is 0 Å². The standard InChI is InChI=1S/C17H35NO2/c1-3-5-7-8-9-10-11-12-13-14-16-20-17(19)18-15-6-4-2/h3-16H2,1-2H3,(H,18,19). The monoisotopic (exact) mass is 285 g/mol. The van der Waals surface area contributed by atoms with Gasteiger partial charge in [0.05, 0.1) is 6.61 Å². The first-order chi connectivity index (χ1) is 9.81. The van der Waals surface area contributed by atoms with E-state index < -0.39 is 0 Å². The van der Waals surface area contributed by atoms with Crippen LogP contribution in [0.3, 0.4) is 0 Å². The highest BCUT2D eigenvalue weighted by atomic mass is 16.5. The number of ether oxygens (including phenoxy) is 1. The molecule has 0 atom stereocenters. The van der Waals surface area contributed by atoms with E-state index in [1.54, 1.807) is 0 Å². The molecule has 0 heterocycles. The summed E-state index contributed by atoms with van der Waals surface area (Å²) in [5, 5.41) is 2.76. The second-order valence-electron chi connectivity index (χ2n) is 5.60. The quantitative estimate of drug-likeness (QED) is 0.432. The van der Waals surface area contributed by atoms with Gasteiger partial charge in [0, 0.05) is 6.54 Å². The van der Waals surface area contributed by atoms with Crippen molar-refractivity contribution in [3.63, 3.8) is 0 Å². The lowest BCUT2D eigenvalue weighted by Crippen LogP contribution is -2.25. The number of rotatable bonds is 14. The van der Waals surface area contributed by atoms with Crippen molar-refractivity contribution in [2.75, 3.05) is 13.2 Å². The first-order valence-electron chi connectivity index (χ1n) is 8.71. The lowest BCUT2D eigenvalue weighted by Gasteiger charge is -2.06. The Morgan fingerprint density at radius 1 is 0.750 bits per heavy atom. The van der Waals surface area contributed by atoms with E-state index in [0.717, 1.165) is 25.8 Å². The second-order valence-corrected chi connectivity index (χ2v) is 5.60. The molecule has 120 valence electrons. The Morgan fingerprint density at radius 2 is 1.25 bits per heavy atom. The third-order valence-corrected chi connectivity index (χ3v) is 3.53. The molecule has 0 rings (SSSR count). The fourth-order valence-corrected chi connectivity index (χ4v) is 2.17. The highest BCUT2D eigenvalue weighted by Crippen LogP contribution is 2.10. The zero-order chi connectivity index (χ0) is 14.9. The fourth-order valence-electron chi connectivity index (χ4n) is 2.17. The topological polar surface area (TPSA) is 38.3 Å². The van der Waals surface area contributed by atoms with Gasteiger partial charge >= 0.3 is 6.09 Å². The van der Waals surface area contributed by atoms with Gasteiger partial charge in [-0.1, -0.05) is 78.1 Å². The molecule has 0 spiro atoms. The van der Waals surface area contributed by atoms with Crippen LogP contribution in [0.4, 0.5) is 4.79 Å². The zero-order valence-corrected chi connectivity index (χ0v) is 13.7. The fraction of sp³-hybridized carbons (Fsp3) is 0.941. The van der Waals surface area contributed by atoms with Gasteiger partial charge in [0.25, 0.3) is 0 Å². The van der Waals surface area contributed by atoms with Crippen LogP contribution in [0.1, 0.15) is 90.9 Å². The average molecular weight is 285 g/mol. The van der Waals surface area contributed by atoms with Crippen molar-refractivity contribution in [3.05, 3.63) is 0 Å². The SMILES string of the molecule is CCCCCCCCCCCCOC(=O)NCCCC. The summed E-state index contributed by atoms with van der Waals surface area (Å²) in [6, 6.07) is 0. The van der Waals surface area contributed by atoms with E-state index in [2.05, 4.69) is 19.2 Å². The molecule has 1 amide bonds. The molecule has 0 unspecified atom stereocenters. The van der Waals surface area contributed by atoms with Crippen molar-refractivity contribution in [3.8, 4) is 0 Å². The first-order valence-corrected chi connectivity index (χ1v) is 8.71. The van der Waals surface area contributed by atoms with Gasteiger partial charge < -0.3 is 10.1 Å². The summed E-state index contributed by atoms with van der Waals surface area (Å²) in [5.74, 6) is 0. The number of unbranched alkanes of at least 4 members (excludes halogenated alkanes) is 10. The predicted molar refractivity (Wildman–Crippen MR) is 86.1 cm³/mol. The second kappa shape index (κ2) is 16.3. The molecular weight excluding hydrogens is 250 g/mol. The minimum Gasteiger partial charge on any atom is -0.450 e. The van der Waals surface area contributed by atoms with E-state index in [9.17, 15) is 4.79 Å². The lowest BCUT2D eigenvalue weighted by atomic mass is 10.1. The average Bonchev–Trinajstić information content (AvgIpc) is 2.45. The third-order valence-electron chi connectivity index (χ3n) is 3.53. The Balaban J connectivity index is 3.07. The number of hydrogen-bond acceptors (Lipinski definition) is 2. The van der Waals surface area contributed by atoms with Gasteiger partial charge in [-0.05, 0) is 12.8 Å². The maximum atomic E-state index is 11.2. The largest absolute Gasteiger partial charge is 0.450 e. The van der Waals surface area contributed by atoms with Crippen LogP contribution in [-0.2, 0) is 4.74 Å². The lowest BCUT2D eigenvalue weighted by molar-refractivity contribution is 0.143. The van der Waals surface area contributed by atoms with Crippen LogP contribution >= 0.6 is 0 Å². The molecule has 0 aromatic rings. The molecule has 0 aliphatic carbocycles. The van der Waals surface area contributed by atoms with Crippen LogP contribution < -0.4 is 5.32 Å². The van der Waals surface area contributed by atoms with E-state index in [0.29, 0.717) is 6.61 Å². The van der Waals surface area contributed by atoms with Crippen molar-refractivity contribution in [2.45, 2.75) is 90.9 Å². The first kappa shape index (κ1) is 19.3. The van der Waals surface area contributed by atoms with Gasteiger partial charge in [0.1, 0.15) is 0 Å². The number of carbonyl (C=O) groups excluding carboxylic acids is 1. The van der Waals surface area contributed by atoms with Gasteiger partial charge in [-0.15, -0.1) is 0 Å². The minimum absolute atomic E-state index is 0.255. The van der Waals surface area contributed by atoms with Crippen LogP contribution in [0.25, 0.3) is 0 Å². The molecule has 0 aliphatic rings. The Hall–Kier alpha value is -0.730. The Labute approximate surface area is 125 Å². The summed E-state index contributed by atoms with van der Waals surface area (Å²) in [4.78, 5) is 11.2. The number of alkyl carbamates (subject to hydrolysis) is 1. The van der Waals surface area contributed by atoms with Crippen LogP contribution in [0.15, 0.2) is 0 Å². The van der Waals surface area contributed by atoms with Crippen molar-refractivity contribution in [1.82, 2.24) is 5.32 Å². The van der Waals surface area contributed by atoms with E-state index in [1.807, 2.05) is 0 Å². The highest BCUT2D eigenvalue weighted by Gasteiger charge is 1.99. The Bertz CT molecular complexity index is 207. The number of nitrogens with one attached hydrogen (secondary N) is 1. The highest BCUT2D eigenvalue weighted by molar-refractivity contribution is 5.66. The smallest absolute Gasteiger partial charge is 0.407 e. The van der Waals surface area contributed by atoms with Gasteiger partial charge in [0.15, 0.2) is 0 Å². The van der Waals surface area contributed by atoms with Crippen molar-refractivity contribution >= 4 is 6.09 Å². The summed E-state index contributed by atoms with van der Waals surface area (Å²) in [7, 11) is 0. The van der Waals surface area contributed by atoms with Crippen molar-refractivity contribution < 1.29 is 9.53 Å². The van der Waals surface area contributed by atoms with Crippen LogP contribution in [0, 0.1) is 0 Å². The normalized spacial score (nSPS) is 10.5.